The van der Waals surface area contributed by atoms with E-state index in [2.05, 4.69) is 28.9 Å². The molecule has 0 atom stereocenters. The van der Waals surface area contributed by atoms with Gasteiger partial charge in [0.15, 0.2) is 6.61 Å². The molecule has 0 saturated carbocycles. The lowest BCUT2D eigenvalue weighted by Crippen LogP contribution is -2.26. The summed E-state index contributed by atoms with van der Waals surface area (Å²) in [4.78, 5) is 16.0. The lowest BCUT2D eigenvalue weighted by molar-refractivity contribution is -0.154. The number of aromatic nitrogens is 1. The molecular formula is C26H27F5N2O2. The first-order valence-corrected chi connectivity index (χ1v) is 11.1. The molecule has 0 radical (unpaired) electrons. The largest absolute Gasteiger partial charge is 0.468 e. The van der Waals surface area contributed by atoms with Crippen LogP contribution in [-0.2, 0) is 0 Å². The molecule has 1 aromatic heterocycles. The van der Waals surface area contributed by atoms with Crippen molar-refractivity contribution in [1.29, 1.82) is 0 Å². The van der Waals surface area contributed by atoms with Gasteiger partial charge in [-0.3, -0.25) is 4.79 Å². The lowest BCUT2D eigenvalue weighted by Gasteiger charge is -2.18. The molecule has 35 heavy (non-hydrogen) atoms. The highest BCUT2D eigenvalue weighted by atomic mass is 19.4. The molecule has 1 heterocycles. The Kier molecular flexibility index (Phi) is 10.6. The van der Waals surface area contributed by atoms with Crippen molar-refractivity contribution >= 4 is 5.91 Å². The Morgan fingerprint density at radius 1 is 0.914 bits per heavy atom. The van der Waals surface area contributed by atoms with E-state index in [1.165, 1.54) is 42.8 Å². The van der Waals surface area contributed by atoms with Crippen molar-refractivity contribution in [1.82, 2.24) is 10.3 Å². The van der Waals surface area contributed by atoms with E-state index in [4.69, 9.17) is 0 Å². The zero-order valence-corrected chi connectivity index (χ0v) is 19.4. The molecule has 1 N–H and O–H groups in total. The predicted molar refractivity (Wildman–Crippen MR) is 123 cm³/mol. The first-order valence-electron chi connectivity index (χ1n) is 11.1. The number of halogens is 5. The number of pyridine rings is 1. The van der Waals surface area contributed by atoms with Gasteiger partial charge in [0.2, 0.25) is 5.88 Å². The van der Waals surface area contributed by atoms with Crippen LogP contribution < -0.4 is 10.1 Å². The Bertz CT molecular complexity index is 992. The molecule has 3 aromatic rings. The summed E-state index contributed by atoms with van der Waals surface area (Å²) in [6.07, 6.45) is -1.66. The van der Waals surface area contributed by atoms with E-state index in [0.29, 0.717) is 6.42 Å². The summed E-state index contributed by atoms with van der Waals surface area (Å²) in [5.74, 6) is -1.68. The highest BCUT2D eigenvalue weighted by Gasteiger charge is 2.28. The van der Waals surface area contributed by atoms with E-state index >= 15 is 0 Å². The first-order chi connectivity index (χ1) is 16.6. The van der Waals surface area contributed by atoms with Gasteiger partial charge in [-0.2, -0.15) is 13.2 Å². The van der Waals surface area contributed by atoms with Gasteiger partial charge in [-0.15, -0.1) is 0 Å². The van der Waals surface area contributed by atoms with Crippen molar-refractivity contribution in [2.45, 2.75) is 38.8 Å². The van der Waals surface area contributed by atoms with Crippen LogP contribution in [0.4, 0.5) is 22.0 Å². The van der Waals surface area contributed by atoms with Gasteiger partial charge >= 0.3 is 6.18 Å². The van der Waals surface area contributed by atoms with Crippen LogP contribution in [0.5, 0.6) is 5.88 Å². The Morgan fingerprint density at radius 2 is 1.43 bits per heavy atom. The number of ether oxygens (including phenoxy) is 1. The third-order valence-corrected chi connectivity index (χ3v) is 4.65. The van der Waals surface area contributed by atoms with E-state index in [1.807, 2.05) is 0 Å². The van der Waals surface area contributed by atoms with Gasteiger partial charge in [-0.25, -0.2) is 13.8 Å². The fourth-order valence-corrected chi connectivity index (χ4v) is 3.10. The van der Waals surface area contributed by atoms with Gasteiger partial charge in [-0.05, 0) is 47.9 Å². The smallest absolute Gasteiger partial charge is 0.422 e. The molecule has 0 saturated heterocycles. The monoisotopic (exact) mass is 494 g/mol. The summed E-state index contributed by atoms with van der Waals surface area (Å²) < 4.78 is 67.7. The molecule has 0 aliphatic rings. The lowest BCUT2D eigenvalue weighted by atomic mass is 9.88. The maximum Gasteiger partial charge on any atom is 0.422 e. The average Bonchev–Trinajstić information content (AvgIpc) is 2.82. The number of nitrogens with one attached hydrogen (secondary N) is 1. The predicted octanol–water partition coefficient (Wildman–Crippen LogP) is 6.67. The van der Waals surface area contributed by atoms with Crippen molar-refractivity contribution in [3.05, 3.63) is 95.2 Å². The molecule has 0 unspecified atom stereocenters. The summed E-state index contributed by atoms with van der Waals surface area (Å²) in [5.41, 5.74) is 1.77. The van der Waals surface area contributed by atoms with Crippen molar-refractivity contribution in [2.24, 2.45) is 0 Å². The third kappa shape index (κ3) is 9.72. The number of amides is 1. The molecule has 1 amide bonds. The molecule has 188 valence electrons. The third-order valence-electron chi connectivity index (χ3n) is 4.65. The molecule has 0 aliphatic carbocycles. The highest BCUT2D eigenvalue weighted by molar-refractivity contribution is 5.93. The Labute approximate surface area is 201 Å². The van der Waals surface area contributed by atoms with Crippen molar-refractivity contribution < 1.29 is 31.5 Å². The number of carbonyl (C=O) groups excluding carboxylic acids is 1. The molecule has 9 heteroatoms. The quantitative estimate of drug-likeness (QED) is 0.356. The number of benzene rings is 2. The van der Waals surface area contributed by atoms with E-state index in [-0.39, 0.29) is 35.5 Å². The summed E-state index contributed by atoms with van der Waals surface area (Å²) in [5, 5.41) is 2.72. The number of hydrogen-bond donors (Lipinski definition) is 1. The van der Waals surface area contributed by atoms with Crippen LogP contribution in [-0.4, -0.2) is 30.2 Å². The zero-order chi connectivity index (χ0) is 25.8. The van der Waals surface area contributed by atoms with Gasteiger partial charge in [0.25, 0.3) is 5.91 Å². The van der Waals surface area contributed by atoms with E-state index in [1.54, 1.807) is 24.3 Å². The van der Waals surface area contributed by atoms with Crippen LogP contribution in [0.25, 0.3) is 0 Å². The molecule has 0 fully saturated rings. The Hall–Kier alpha value is -3.49. The summed E-state index contributed by atoms with van der Waals surface area (Å²) in [7, 11) is 0. The van der Waals surface area contributed by atoms with E-state index in [0.717, 1.165) is 17.3 Å². The fraction of sp³-hybridized carbons (Fsp3) is 0.308. The second-order valence-corrected chi connectivity index (χ2v) is 7.70. The van der Waals surface area contributed by atoms with Crippen molar-refractivity contribution in [2.75, 3.05) is 13.2 Å². The minimum atomic E-state index is -4.48. The molecule has 0 aliphatic heterocycles. The molecule has 0 spiro atoms. The highest BCUT2D eigenvalue weighted by Crippen LogP contribution is 2.28. The topological polar surface area (TPSA) is 51.2 Å². The Morgan fingerprint density at radius 3 is 1.86 bits per heavy atom. The van der Waals surface area contributed by atoms with Crippen LogP contribution in [0.3, 0.4) is 0 Å². The molecular weight excluding hydrogens is 467 g/mol. The van der Waals surface area contributed by atoms with Gasteiger partial charge in [0.1, 0.15) is 11.6 Å². The van der Waals surface area contributed by atoms with Crippen LogP contribution in [0.2, 0.25) is 0 Å². The van der Waals surface area contributed by atoms with Gasteiger partial charge in [0, 0.05) is 24.7 Å². The minimum Gasteiger partial charge on any atom is -0.468 e. The second-order valence-electron chi connectivity index (χ2n) is 7.70. The van der Waals surface area contributed by atoms with Crippen LogP contribution in [0.1, 0.15) is 54.1 Å². The maximum absolute atomic E-state index is 13.3. The number of carbonyl (C=O) groups is 1. The van der Waals surface area contributed by atoms with Crippen molar-refractivity contribution in [3.8, 4) is 5.88 Å². The molecule has 2 aromatic carbocycles. The van der Waals surface area contributed by atoms with Crippen molar-refractivity contribution in [3.63, 3.8) is 0 Å². The van der Waals surface area contributed by atoms with Gasteiger partial charge < -0.3 is 10.1 Å². The van der Waals surface area contributed by atoms with E-state index in [9.17, 15) is 26.7 Å². The summed E-state index contributed by atoms with van der Waals surface area (Å²) in [6, 6.07) is 14.4. The number of alkyl halides is 3. The minimum absolute atomic E-state index is 0.157. The zero-order valence-electron chi connectivity index (χ0n) is 19.4. The average molecular weight is 495 g/mol. The van der Waals surface area contributed by atoms with Crippen LogP contribution >= 0.6 is 0 Å². The maximum atomic E-state index is 13.3. The Balaban J connectivity index is 0.00000137. The van der Waals surface area contributed by atoms with E-state index < -0.39 is 18.7 Å². The second kappa shape index (κ2) is 13.4. The summed E-state index contributed by atoms with van der Waals surface area (Å²) in [6.45, 7) is 3.02. The number of hydrogen-bond acceptors (Lipinski definition) is 3. The summed E-state index contributed by atoms with van der Waals surface area (Å²) >= 11 is 0. The number of rotatable bonds is 8. The van der Waals surface area contributed by atoms with Crippen LogP contribution in [0.15, 0.2) is 66.9 Å². The number of nitrogens with zero attached hydrogens (tertiary/aromatic N) is 1. The van der Waals surface area contributed by atoms with Crippen LogP contribution in [0, 0.1) is 11.6 Å². The SMILES string of the molecule is CCC.O=C(NCCC(c1ccc(F)cc1)c1ccc(F)cc1)c1ccc(OCC(F)(F)F)nc1. The molecule has 0 bridgehead atoms. The molecule has 4 nitrogen and oxygen atoms in total. The first kappa shape index (κ1) is 27.8. The van der Waals surface area contributed by atoms with Gasteiger partial charge in [0.05, 0.1) is 5.56 Å². The standard InChI is InChI=1S/C23H19F5N2O2.C3H8/c24-18-6-1-15(2-7-18)20(16-3-8-19(25)9-4-16)11-12-29-22(31)17-5-10-21(30-13-17)32-14-23(26,27)28;1-3-2/h1-10,13,20H,11-12,14H2,(H,29,31);3H2,1-2H3. The molecule has 3 rings (SSSR count). The van der Waals surface area contributed by atoms with Gasteiger partial charge in [-0.1, -0.05) is 44.5 Å². The fourth-order valence-electron chi connectivity index (χ4n) is 3.10. The normalized spacial score (nSPS) is 11.0.